The number of carbonyl (C=O) groups is 2. The van der Waals surface area contributed by atoms with E-state index in [1.54, 1.807) is 18.2 Å². The Bertz CT molecular complexity index is 1260. The fraction of sp³-hybridized carbons (Fsp3) is 0.241. The number of halogens is 1. The second kappa shape index (κ2) is 11.9. The SMILES string of the molecule is CCCCOc1ccc([C@H](C)NC(=O)CN2C(=O)/C(=C\c3ccccc3Br)Oc3ccccc32)cc1. The van der Waals surface area contributed by atoms with Gasteiger partial charge in [-0.15, -0.1) is 0 Å². The average Bonchev–Trinajstić information content (AvgIpc) is 2.88. The minimum absolute atomic E-state index is 0.130. The van der Waals surface area contributed by atoms with Crippen molar-refractivity contribution in [3.05, 3.63) is 94.2 Å². The molecule has 36 heavy (non-hydrogen) atoms. The largest absolute Gasteiger partial charge is 0.494 e. The van der Waals surface area contributed by atoms with E-state index in [0.717, 1.165) is 34.2 Å². The van der Waals surface area contributed by atoms with Crippen LogP contribution < -0.4 is 19.7 Å². The molecule has 0 spiro atoms. The summed E-state index contributed by atoms with van der Waals surface area (Å²) in [6, 6.07) is 22.2. The normalized spacial score (nSPS) is 14.7. The molecule has 3 aromatic rings. The number of rotatable bonds is 9. The van der Waals surface area contributed by atoms with Gasteiger partial charge in [0, 0.05) is 4.47 Å². The highest BCUT2D eigenvalue weighted by atomic mass is 79.9. The Hall–Kier alpha value is -3.58. The maximum atomic E-state index is 13.4. The van der Waals surface area contributed by atoms with Gasteiger partial charge in [-0.05, 0) is 60.9 Å². The van der Waals surface area contributed by atoms with Crippen LogP contribution in [0.4, 0.5) is 5.69 Å². The van der Waals surface area contributed by atoms with E-state index >= 15 is 0 Å². The van der Waals surface area contributed by atoms with Gasteiger partial charge in [0.25, 0.3) is 5.91 Å². The van der Waals surface area contributed by atoms with Crippen LogP contribution >= 0.6 is 15.9 Å². The van der Waals surface area contributed by atoms with Gasteiger partial charge in [-0.25, -0.2) is 0 Å². The molecule has 0 fully saturated rings. The van der Waals surface area contributed by atoms with Crippen molar-refractivity contribution in [3.8, 4) is 11.5 Å². The number of nitrogens with zero attached hydrogens (tertiary/aromatic N) is 1. The van der Waals surface area contributed by atoms with E-state index in [1.807, 2.05) is 67.6 Å². The van der Waals surface area contributed by atoms with Crippen molar-refractivity contribution >= 4 is 39.5 Å². The lowest BCUT2D eigenvalue weighted by molar-refractivity contribution is -0.123. The molecule has 1 atom stereocenters. The molecule has 1 heterocycles. The van der Waals surface area contributed by atoms with E-state index in [9.17, 15) is 9.59 Å². The fourth-order valence-electron chi connectivity index (χ4n) is 3.85. The van der Waals surface area contributed by atoms with Crippen LogP contribution in [0.2, 0.25) is 0 Å². The van der Waals surface area contributed by atoms with Crippen LogP contribution in [0.5, 0.6) is 11.5 Å². The Balaban J connectivity index is 1.47. The Morgan fingerprint density at radius 1 is 1.08 bits per heavy atom. The van der Waals surface area contributed by atoms with Crippen molar-refractivity contribution in [2.75, 3.05) is 18.1 Å². The van der Waals surface area contributed by atoms with E-state index in [-0.39, 0.29) is 30.2 Å². The van der Waals surface area contributed by atoms with Crippen molar-refractivity contribution in [1.29, 1.82) is 0 Å². The summed E-state index contributed by atoms with van der Waals surface area (Å²) < 4.78 is 12.5. The summed E-state index contributed by atoms with van der Waals surface area (Å²) >= 11 is 3.50. The highest BCUT2D eigenvalue weighted by Crippen LogP contribution is 2.36. The molecule has 0 saturated heterocycles. The second-order valence-electron chi connectivity index (χ2n) is 8.55. The number of carbonyl (C=O) groups excluding carboxylic acids is 2. The second-order valence-corrected chi connectivity index (χ2v) is 9.41. The van der Waals surface area contributed by atoms with Crippen molar-refractivity contribution in [2.45, 2.75) is 32.7 Å². The Morgan fingerprint density at radius 2 is 1.81 bits per heavy atom. The van der Waals surface area contributed by atoms with Crippen LogP contribution in [0.15, 0.2) is 83.0 Å². The number of unbranched alkanes of at least 4 members (excludes halogenated alkanes) is 1. The molecule has 3 aromatic carbocycles. The minimum atomic E-state index is -0.374. The van der Waals surface area contributed by atoms with Gasteiger partial charge in [0.05, 0.1) is 18.3 Å². The van der Waals surface area contributed by atoms with Gasteiger partial charge >= 0.3 is 0 Å². The molecule has 7 heteroatoms. The molecule has 0 radical (unpaired) electrons. The van der Waals surface area contributed by atoms with Crippen molar-refractivity contribution < 1.29 is 19.1 Å². The number of nitrogens with one attached hydrogen (secondary N) is 1. The summed E-state index contributed by atoms with van der Waals surface area (Å²) in [7, 11) is 0. The zero-order chi connectivity index (χ0) is 25.5. The number of amides is 2. The Morgan fingerprint density at radius 3 is 2.56 bits per heavy atom. The third-order valence-corrected chi connectivity index (χ3v) is 6.57. The molecule has 0 aromatic heterocycles. The molecule has 1 aliphatic rings. The lowest BCUT2D eigenvalue weighted by atomic mass is 10.1. The van der Waals surface area contributed by atoms with Crippen LogP contribution in [0.1, 0.15) is 43.9 Å². The van der Waals surface area contributed by atoms with E-state index < -0.39 is 0 Å². The van der Waals surface area contributed by atoms with E-state index in [1.165, 1.54) is 4.90 Å². The monoisotopic (exact) mass is 548 g/mol. The fourth-order valence-corrected chi connectivity index (χ4v) is 4.25. The molecular formula is C29H29BrN2O4. The predicted molar refractivity (Wildman–Crippen MR) is 145 cm³/mol. The summed E-state index contributed by atoms with van der Waals surface area (Å²) in [5, 5.41) is 3.00. The summed E-state index contributed by atoms with van der Waals surface area (Å²) in [5.74, 6) is 0.845. The maximum Gasteiger partial charge on any atom is 0.294 e. The summed E-state index contributed by atoms with van der Waals surface area (Å²) in [6.07, 6.45) is 3.77. The minimum Gasteiger partial charge on any atom is -0.494 e. The predicted octanol–water partition coefficient (Wildman–Crippen LogP) is 6.27. The molecule has 186 valence electrons. The number of para-hydroxylation sites is 2. The van der Waals surface area contributed by atoms with Crippen LogP contribution in [0.25, 0.3) is 6.08 Å². The van der Waals surface area contributed by atoms with Crippen LogP contribution in [-0.2, 0) is 9.59 Å². The Labute approximate surface area is 220 Å². The van der Waals surface area contributed by atoms with Gasteiger partial charge in [0.15, 0.2) is 11.5 Å². The number of fused-ring (bicyclic) bond motifs is 1. The molecule has 1 aliphatic heterocycles. The van der Waals surface area contributed by atoms with Gasteiger partial charge in [0.2, 0.25) is 5.91 Å². The van der Waals surface area contributed by atoms with E-state index in [0.29, 0.717) is 18.0 Å². The average molecular weight is 549 g/mol. The molecule has 0 unspecified atom stereocenters. The first-order chi connectivity index (χ1) is 17.5. The number of hydrogen-bond donors (Lipinski definition) is 1. The van der Waals surface area contributed by atoms with Crippen molar-refractivity contribution in [1.82, 2.24) is 5.32 Å². The summed E-state index contributed by atoms with van der Waals surface area (Å²) in [5.41, 5.74) is 2.32. The highest BCUT2D eigenvalue weighted by molar-refractivity contribution is 9.10. The van der Waals surface area contributed by atoms with Crippen molar-refractivity contribution in [3.63, 3.8) is 0 Å². The van der Waals surface area contributed by atoms with Crippen LogP contribution in [0, 0.1) is 0 Å². The quantitative estimate of drug-likeness (QED) is 0.252. The maximum absolute atomic E-state index is 13.4. The number of ether oxygens (including phenoxy) is 2. The number of hydrogen-bond acceptors (Lipinski definition) is 4. The molecule has 4 rings (SSSR count). The topological polar surface area (TPSA) is 67.9 Å². The zero-order valence-electron chi connectivity index (χ0n) is 20.4. The van der Waals surface area contributed by atoms with Gasteiger partial charge < -0.3 is 14.8 Å². The first-order valence-corrected chi connectivity index (χ1v) is 12.8. The summed E-state index contributed by atoms with van der Waals surface area (Å²) in [6.45, 7) is 4.60. The molecular weight excluding hydrogens is 520 g/mol. The van der Waals surface area contributed by atoms with Gasteiger partial charge in [-0.1, -0.05) is 71.7 Å². The highest BCUT2D eigenvalue weighted by Gasteiger charge is 2.32. The smallest absolute Gasteiger partial charge is 0.294 e. The van der Waals surface area contributed by atoms with E-state index in [2.05, 4.69) is 28.2 Å². The van der Waals surface area contributed by atoms with Gasteiger partial charge in [-0.3, -0.25) is 14.5 Å². The van der Waals surface area contributed by atoms with Gasteiger partial charge in [-0.2, -0.15) is 0 Å². The molecule has 2 amide bonds. The third-order valence-electron chi connectivity index (χ3n) is 5.85. The van der Waals surface area contributed by atoms with Crippen LogP contribution in [-0.4, -0.2) is 25.0 Å². The Kier molecular flexibility index (Phi) is 8.44. The molecule has 0 bridgehead atoms. The van der Waals surface area contributed by atoms with Gasteiger partial charge in [0.1, 0.15) is 12.3 Å². The lowest BCUT2D eigenvalue weighted by Crippen LogP contribution is -2.44. The number of anilines is 1. The zero-order valence-corrected chi connectivity index (χ0v) is 22.0. The first-order valence-electron chi connectivity index (χ1n) is 12.0. The molecule has 0 saturated carbocycles. The molecule has 6 nitrogen and oxygen atoms in total. The third kappa shape index (κ3) is 6.15. The lowest BCUT2D eigenvalue weighted by Gasteiger charge is -2.30. The van der Waals surface area contributed by atoms with Crippen molar-refractivity contribution in [2.24, 2.45) is 0 Å². The van der Waals surface area contributed by atoms with E-state index in [4.69, 9.17) is 9.47 Å². The first kappa shape index (κ1) is 25.5. The van der Waals surface area contributed by atoms with Crippen LogP contribution in [0.3, 0.4) is 0 Å². The standard InChI is InChI=1S/C29H29BrN2O4/c1-3-4-17-35-23-15-13-21(14-16-23)20(2)31-28(33)19-32-25-11-7-8-12-26(25)36-27(29(32)34)18-22-9-5-6-10-24(22)30/h5-16,18,20H,3-4,17,19H2,1-2H3,(H,31,33)/b27-18+/t20-/m0/s1. The molecule has 1 N–H and O–H groups in total. The summed E-state index contributed by atoms with van der Waals surface area (Å²) in [4.78, 5) is 27.8. The molecule has 0 aliphatic carbocycles. The number of benzene rings is 3.